The van der Waals surface area contributed by atoms with Gasteiger partial charge in [-0.3, -0.25) is 14.3 Å². The number of nitrogens with two attached hydrogens (primary N) is 2. The fourth-order valence-corrected chi connectivity index (χ4v) is 1.23. The van der Waals surface area contributed by atoms with Crippen LogP contribution in [-0.2, 0) is 11.3 Å². The molecule has 2 amide bonds. The van der Waals surface area contributed by atoms with E-state index in [1.165, 1.54) is 10.9 Å². The third-order valence-electron chi connectivity index (χ3n) is 2.04. The molecule has 1 aromatic rings. The predicted octanol–water partition coefficient (Wildman–Crippen LogP) is -0.664. The summed E-state index contributed by atoms with van der Waals surface area (Å²) in [7, 11) is 0. The maximum atomic E-state index is 11.5. The van der Waals surface area contributed by atoms with Crippen LogP contribution < -0.4 is 16.8 Å². The normalized spacial score (nSPS) is 10.5. The van der Waals surface area contributed by atoms with Gasteiger partial charge in [0.2, 0.25) is 5.91 Å². The lowest BCUT2D eigenvalue weighted by atomic mass is 10.2. The van der Waals surface area contributed by atoms with Gasteiger partial charge in [-0.1, -0.05) is 13.8 Å². The standard InChI is InChI=1S/C10H17N5O2/c1-6(2)3-13-8(16)5-15-4-7(11)9(14-15)10(12)17/h4,6H,3,5,11H2,1-2H3,(H2,12,17)(H,13,16). The Morgan fingerprint density at radius 1 is 1.53 bits per heavy atom. The van der Waals surface area contributed by atoms with Gasteiger partial charge in [-0.05, 0) is 5.92 Å². The van der Waals surface area contributed by atoms with E-state index >= 15 is 0 Å². The third-order valence-corrected chi connectivity index (χ3v) is 2.04. The Balaban J connectivity index is 2.60. The second-order valence-electron chi connectivity index (χ2n) is 4.19. The first kappa shape index (κ1) is 13.0. The highest BCUT2D eigenvalue weighted by molar-refractivity contribution is 5.95. The zero-order valence-corrected chi connectivity index (χ0v) is 9.93. The van der Waals surface area contributed by atoms with Crippen LogP contribution >= 0.6 is 0 Å². The maximum Gasteiger partial charge on any atom is 0.271 e. The molecule has 0 atom stereocenters. The maximum absolute atomic E-state index is 11.5. The Bertz CT molecular complexity index is 424. The quantitative estimate of drug-likeness (QED) is 0.632. The molecule has 0 aromatic carbocycles. The van der Waals surface area contributed by atoms with Crippen LogP contribution in [0.2, 0.25) is 0 Å². The molecule has 0 bridgehead atoms. The van der Waals surface area contributed by atoms with Gasteiger partial charge < -0.3 is 16.8 Å². The van der Waals surface area contributed by atoms with Gasteiger partial charge in [0.05, 0.1) is 5.69 Å². The monoisotopic (exact) mass is 239 g/mol. The summed E-state index contributed by atoms with van der Waals surface area (Å²) < 4.78 is 1.30. The van der Waals surface area contributed by atoms with E-state index < -0.39 is 5.91 Å². The topological polar surface area (TPSA) is 116 Å². The van der Waals surface area contributed by atoms with Gasteiger partial charge in [-0.2, -0.15) is 5.10 Å². The van der Waals surface area contributed by atoms with Crippen LogP contribution in [0.5, 0.6) is 0 Å². The van der Waals surface area contributed by atoms with Crippen LogP contribution in [0.3, 0.4) is 0 Å². The number of carbonyl (C=O) groups is 2. The molecule has 7 heteroatoms. The molecular formula is C10H17N5O2. The van der Waals surface area contributed by atoms with Crippen molar-refractivity contribution in [1.82, 2.24) is 15.1 Å². The molecule has 0 spiro atoms. The number of primary amides is 1. The highest BCUT2D eigenvalue weighted by Crippen LogP contribution is 2.07. The van der Waals surface area contributed by atoms with Crippen molar-refractivity contribution in [2.45, 2.75) is 20.4 Å². The molecule has 17 heavy (non-hydrogen) atoms. The Hall–Kier alpha value is -2.05. The molecule has 7 nitrogen and oxygen atoms in total. The second kappa shape index (κ2) is 5.33. The second-order valence-corrected chi connectivity index (χ2v) is 4.19. The molecule has 0 saturated carbocycles. The number of amides is 2. The van der Waals surface area contributed by atoms with Crippen LogP contribution in [0.25, 0.3) is 0 Å². The van der Waals surface area contributed by atoms with Gasteiger partial charge in [0.1, 0.15) is 6.54 Å². The van der Waals surface area contributed by atoms with Crippen LogP contribution in [0.15, 0.2) is 6.20 Å². The zero-order chi connectivity index (χ0) is 13.0. The van der Waals surface area contributed by atoms with Gasteiger partial charge in [0.15, 0.2) is 5.69 Å². The lowest BCUT2D eigenvalue weighted by molar-refractivity contribution is -0.122. The van der Waals surface area contributed by atoms with Gasteiger partial charge in [-0.25, -0.2) is 0 Å². The van der Waals surface area contributed by atoms with E-state index in [9.17, 15) is 9.59 Å². The first-order valence-corrected chi connectivity index (χ1v) is 5.29. The van der Waals surface area contributed by atoms with Gasteiger partial charge in [0.25, 0.3) is 5.91 Å². The first-order valence-electron chi connectivity index (χ1n) is 5.29. The van der Waals surface area contributed by atoms with Crippen LogP contribution in [0, 0.1) is 5.92 Å². The largest absolute Gasteiger partial charge is 0.396 e. The van der Waals surface area contributed by atoms with Gasteiger partial charge >= 0.3 is 0 Å². The van der Waals surface area contributed by atoms with E-state index in [4.69, 9.17) is 11.5 Å². The van der Waals surface area contributed by atoms with Crippen molar-refractivity contribution in [3.05, 3.63) is 11.9 Å². The molecule has 1 rings (SSSR count). The summed E-state index contributed by atoms with van der Waals surface area (Å²) in [6.07, 6.45) is 1.41. The minimum Gasteiger partial charge on any atom is -0.396 e. The van der Waals surface area contributed by atoms with Crippen LogP contribution in [-0.4, -0.2) is 28.1 Å². The van der Waals surface area contributed by atoms with Crippen molar-refractivity contribution in [2.75, 3.05) is 12.3 Å². The third kappa shape index (κ3) is 3.78. The Morgan fingerprint density at radius 3 is 2.65 bits per heavy atom. The van der Waals surface area contributed by atoms with E-state index in [1.807, 2.05) is 13.8 Å². The highest BCUT2D eigenvalue weighted by atomic mass is 16.2. The SMILES string of the molecule is CC(C)CNC(=O)Cn1cc(N)c(C(N)=O)n1. The number of aromatic nitrogens is 2. The molecule has 5 N–H and O–H groups in total. The molecule has 0 radical (unpaired) electrons. The molecule has 94 valence electrons. The highest BCUT2D eigenvalue weighted by Gasteiger charge is 2.12. The van der Waals surface area contributed by atoms with Gasteiger partial charge in [-0.15, -0.1) is 0 Å². The number of hydrogen-bond acceptors (Lipinski definition) is 4. The molecule has 1 aromatic heterocycles. The molecule has 0 saturated heterocycles. The predicted molar refractivity (Wildman–Crippen MR) is 63.0 cm³/mol. The van der Waals surface area contributed by atoms with E-state index in [2.05, 4.69) is 10.4 Å². The fourth-order valence-electron chi connectivity index (χ4n) is 1.23. The minimum atomic E-state index is -0.705. The Labute approximate surface area is 99.1 Å². The number of anilines is 1. The summed E-state index contributed by atoms with van der Waals surface area (Å²) in [4.78, 5) is 22.4. The number of hydrogen-bond donors (Lipinski definition) is 3. The number of carbonyl (C=O) groups excluding carboxylic acids is 2. The molecule has 0 aliphatic heterocycles. The van der Waals surface area contributed by atoms with E-state index in [1.54, 1.807) is 0 Å². The summed E-state index contributed by atoms with van der Waals surface area (Å²) >= 11 is 0. The Morgan fingerprint density at radius 2 is 2.18 bits per heavy atom. The lowest BCUT2D eigenvalue weighted by Gasteiger charge is -2.07. The van der Waals surface area contributed by atoms with E-state index in [-0.39, 0.29) is 23.8 Å². The molecule has 0 aliphatic rings. The fraction of sp³-hybridized carbons (Fsp3) is 0.500. The van der Waals surface area contributed by atoms with Crippen molar-refractivity contribution >= 4 is 17.5 Å². The van der Waals surface area contributed by atoms with E-state index in [0.717, 1.165) is 0 Å². The number of nitrogens with one attached hydrogen (secondary N) is 1. The molecule has 0 unspecified atom stereocenters. The molecular weight excluding hydrogens is 222 g/mol. The zero-order valence-electron chi connectivity index (χ0n) is 9.93. The average Bonchev–Trinajstić information content (AvgIpc) is 2.56. The summed E-state index contributed by atoms with van der Waals surface area (Å²) in [6.45, 7) is 4.61. The molecule has 1 heterocycles. The first-order chi connectivity index (χ1) is 7.90. The Kier molecular flexibility index (Phi) is 4.08. The lowest BCUT2D eigenvalue weighted by Crippen LogP contribution is -2.30. The summed E-state index contributed by atoms with van der Waals surface area (Å²) in [5, 5.41) is 6.56. The average molecular weight is 239 g/mol. The summed E-state index contributed by atoms with van der Waals surface area (Å²) in [5.74, 6) is -0.510. The van der Waals surface area contributed by atoms with Crippen LogP contribution in [0.1, 0.15) is 24.3 Å². The summed E-state index contributed by atoms with van der Waals surface area (Å²) in [5.41, 5.74) is 10.7. The number of rotatable bonds is 5. The smallest absolute Gasteiger partial charge is 0.271 e. The molecule has 0 fully saturated rings. The number of nitrogens with zero attached hydrogens (tertiary/aromatic N) is 2. The number of nitrogen functional groups attached to an aromatic ring is 1. The molecule has 0 aliphatic carbocycles. The van der Waals surface area contributed by atoms with Gasteiger partial charge in [0, 0.05) is 12.7 Å². The van der Waals surface area contributed by atoms with Crippen molar-refractivity contribution in [3.8, 4) is 0 Å². The van der Waals surface area contributed by atoms with Crippen molar-refractivity contribution in [2.24, 2.45) is 11.7 Å². The van der Waals surface area contributed by atoms with Crippen molar-refractivity contribution < 1.29 is 9.59 Å². The van der Waals surface area contributed by atoms with Crippen molar-refractivity contribution in [1.29, 1.82) is 0 Å². The summed E-state index contributed by atoms with van der Waals surface area (Å²) in [6, 6.07) is 0. The minimum absolute atomic E-state index is 0.0124. The van der Waals surface area contributed by atoms with E-state index in [0.29, 0.717) is 12.5 Å². The van der Waals surface area contributed by atoms with Crippen LogP contribution in [0.4, 0.5) is 5.69 Å². The van der Waals surface area contributed by atoms with Crippen molar-refractivity contribution in [3.63, 3.8) is 0 Å².